The lowest BCUT2D eigenvalue weighted by molar-refractivity contribution is -0.139. The number of carbonyl (C=O) groups excluding carboxylic acids is 1. The molecule has 0 aliphatic carbocycles. The number of carbonyl (C=O) groups is 1. The van der Waals surface area contributed by atoms with Gasteiger partial charge in [-0.3, -0.25) is 9.89 Å². The molecule has 2 aliphatic rings. The average Bonchev–Trinajstić information content (AvgIpc) is 3.34. The summed E-state index contributed by atoms with van der Waals surface area (Å²) in [4.78, 5) is 24.5. The molecule has 32 heavy (non-hydrogen) atoms. The van der Waals surface area contributed by atoms with Crippen LogP contribution in [-0.2, 0) is 14.3 Å². The number of esters is 1. The van der Waals surface area contributed by atoms with Crippen molar-refractivity contribution in [3.8, 4) is 12.3 Å². The van der Waals surface area contributed by atoms with Gasteiger partial charge in [0.25, 0.3) is 0 Å². The molecule has 0 bridgehead atoms. The summed E-state index contributed by atoms with van der Waals surface area (Å²) in [6.45, 7) is 5.17. The third-order valence-corrected chi connectivity index (χ3v) is 5.99. The van der Waals surface area contributed by atoms with E-state index in [-0.39, 0.29) is 6.61 Å². The number of rotatable bonds is 6. The Balaban J connectivity index is 1.84. The number of ether oxygens (including phenoxy) is 2. The highest BCUT2D eigenvalue weighted by Gasteiger charge is 2.34. The summed E-state index contributed by atoms with van der Waals surface area (Å²) < 4.78 is 24.7. The highest BCUT2D eigenvalue weighted by Crippen LogP contribution is 2.35. The normalized spacial score (nSPS) is 19.2. The first-order chi connectivity index (χ1) is 15.6. The van der Waals surface area contributed by atoms with Gasteiger partial charge in [0.05, 0.1) is 25.4 Å². The van der Waals surface area contributed by atoms with E-state index in [4.69, 9.17) is 20.9 Å². The molecule has 1 saturated heterocycles. The fraction of sp³-hybridized carbons (Fsp3) is 0.348. The van der Waals surface area contributed by atoms with Gasteiger partial charge in [0.2, 0.25) is 0 Å². The lowest BCUT2D eigenvalue weighted by atomic mass is 9.92. The van der Waals surface area contributed by atoms with Crippen molar-refractivity contribution in [3.63, 3.8) is 0 Å². The maximum Gasteiger partial charge on any atom is 0.338 e. The van der Waals surface area contributed by atoms with Crippen molar-refractivity contribution in [1.29, 1.82) is 0 Å². The topological polar surface area (TPSA) is 76.0 Å². The first-order valence-corrected chi connectivity index (χ1v) is 11.2. The van der Waals surface area contributed by atoms with Crippen LogP contribution >= 0.6 is 11.3 Å². The van der Waals surface area contributed by atoms with Crippen molar-refractivity contribution in [3.05, 3.63) is 63.0 Å². The Morgan fingerprint density at radius 2 is 2.25 bits per heavy atom. The molecule has 0 spiro atoms. The largest absolute Gasteiger partial charge is 0.463 e. The molecule has 1 unspecified atom stereocenters. The van der Waals surface area contributed by atoms with Gasteiger partial charge in [0, 0.05) is 42.5 Å². The van der Waals surface area contributed by atoms with E-state index in [1.165, 1.54) is 23.5 Å². The first kappa shape index (κ1) is 22.1. The van der Waals surface area contributed by atoms with E-state index >= 15 is 0 Å². The fourth-order valence-corrected chi connectivity index (χ4v) is 4.31. The number of terminal acetylenes is 1. The molecule has 2 aromatic rings. The van der Waals surface area contributed by atoms with Crippen LogP contribution in [0, 0.1) is 18.2 Å². The van der Waals surface area contributed by atoms with Crippen LogP contribution in [0.2, 0.25) is 0 Å². The third kappa shape index (κ3) is 4.72. The summed E-state index contributed by atoms with van der Waals surface area (Å²) in [5.74, 6) is 2.13. The first-order valence-electron chi connectivity index (χ1n) is 10.3. The standard InChI is InChI=1S/C23H23FN4O3S/c1-3-15-13-16(24)5-6-17(15)20-19(23(29)31-4-2)18(14-28-8-10-30-11-9-28)26-21(27-20)22-25-7-12-32-22/h1,5-7,12-13,20H,4,8-11,14H2,2H3,(H,26,27). The van der Waals surface area contributed by atoms with Gasteiger partial charge < -0.3 is 14.8 Å². The Hall–Kier alpha value is -3.06. The van der Waals surface area contributed by atoms with Crippen molar-refractivity contribution >= 4 is 23.1 Å². The van der Waals surface area contributed by atoms with Gasteiger partial charge in [-0.15, -0.1) is 17.8 Å². The quantitative estimate of drug-likeness (QED) is 0.534. The Kier molecular flexibility index (Phi) is 6.95. The van der Waals surface area contributed by atoms with Gasteiger partial charge in [-0.05, 0) is 24.6 Å². The molecular weight excluding hydrogens is 431 g/mol. The van der Waals surface area contributed by atoms with Crippen molar-refractivity contribution in [1.82, 2.24) is 15.2 Å². The summed E-state index contributed by atoms with van der Waals surface area (Å²) in [5, 5.41) is 5.84. The molecule has 9 heteroatoms. The van der Waals surface area contributed by atoms with E-state index in [9.17, 15) is 9.18 Å². The number of nitrogens with zero attached hydrogens (tertiary/aromatic N) is 3. The Morgan fingerprint density at radius 3 is 2.94 bits per heavy atom. The summed E-state index contributed by atoms with van der Waals surface area (Å²) in [7, 11) is 0. The smallest absolute Gasteiger partial charge is 0.338 e. The zero-order valence-electron chi connectivity index (χ0n) is 17.6. The van der Waals surface area contributed by atoms with Crippen molar-refractivity contribution in [2.75, 3.05) is 39.5 Å². The molecule has 0 amide bonds. The predicted octanol–water partition coefficient (Wildman–Crippen LogP) is 2.50. The second-order valence-electron chi connectivity index (χ2n) is 7.22. The van der Waals surface area contributed by atoms with Gasteiger partial charge in [0.15, 0.2) is 10.8 Å². The second kappa shape index (κ2) is 10.0. The maximum atomic E-state index is 13.9. The highest BCUT2D eigenvalue weighted by atomic mass is 32.1. The maximum absolute atomic E-state index is 13.9. The average molecular weight is 455 g/mol. The number of benzene rings is 1. The molecule has 1 aromatic heterocycles. The van der Waals surface area contributed by atoms with E-state index in [2.05, 4.69) is 21.1 Å². The van der Waals surface area contributed by atoms with E-state index < -0.39 is 17.8 Å². The van der Waals surface area contributed by atoms with Crippen LogP contribution in [-0.4, -0.2) is 61.1 Å². The summed E-state index contributed by atoms with van der Waals surface area (Å²) >= 11 is 1.43. The Labute approximate surface area is 190 Å². The fourth-order valence-electron chi connectivity index (χ4n) is 3.72. The van der Waals surface area contributed by atoms with Crippen LogP contribution in [0.5, 0.6) is 0 Å². The number of thiazole rings is 1. The minimum Gasteiger partial charge on any atom is -0.463 e. The minimum atomic E-state index is -0.753. The molecule has 166 valence electrons. The van der Waals surface area contributed by atoms with Crippen LogP contribution in [0.4, 0.5) is 4.39 Å². The van der Waals surface area contributed by atoms with Crippen LogP contribution in [0.25, 0.3) is 0 Å². The molecule has 1 N–H and O–H groups in total. The number of nitrogens with one attached hydrogen (secondary N) is 1. The van der Waals surface area contributed by atoms with Crippen LogP contribution in [0.3, 0.4) is 0 Å². The predicted molar refractivity (Wildman–Crippen MR) is 120 cm³/mol. The van der Waals surface area contributed by atoms with Gasteiger partial charge >= 0.3 is 5.97 Å². The monoisotopic (exact) mass is 454 g/mol. The lowest BCUT2D eigenvalue weighted by Crippen LogP contribution is -2.43. The molecule has 1 aromatic carbocycles. The molecule has 2 aliphatic heterocycles. The lowest BCUT2D eigenvalue weighted by Gasteiger charge is -2.32. The minimum absolute atomic E-state index is 0.217. The number of aromatic nitrogens is 1. The van der Waals surface area contributed by atoms with Gasteiger partial charge in [0.1, 0.15) is 11.9 Å². The number of aliphatic imine (C=N–C) groups is 1. The van der Waals surface area contributed by atoms with E-state index in [0.717, 1.165) is 13.1 Å². The molecule has 4 rings (SSSR count). The van der Waals surface area contributed by atoms with E-state index in [0.29, 0.717) is 53.0 Å². The highest BCUT2D eigenvalue weighted by molar-refractivity contribution is 7.11. The number of halogens is 1. The zero-order chi connectivity index (χ0) is 22.5. The molecule has 1 fully saturated rings. The van der Waals surface area contributed by atoms with E-state index in [1.54, 1.807) is 19.2 Å². The van der Waals surface area contributed by atoms with Crippen molar-refractivity contribution in [2.45, 2.75) is 13.0 Å². The molecule has 0 radical (unpaired) electrons. The number of hydrogen-bond acceptors (Lipinski definition) is 8. The van der Waals surface area contributed by atoms with Crippen LogP contribution < -0.4 is 5.32 Å². The van der Waals surface area contributed by atoms with Crippen LogP contribution in [0.1, 0.15) is 29.1 Å². The Morgan fingerprint density at radius 1 is 1.44 bits per heavy atom. The molecule has 7 nitrogen and oxygen atoms in total. The van der Waals surface area contributed by atoms with Crippen molar-refractivity contribution < 1.29 is 18.7 Å². The Bertz CT molecular complexity index is 1090. The van der Waals surface area contributed by atoms with Gasteiger partial charge in [-0.1, -0.05) is 12.0 Å². The number of morpholine rings is 1. The molecular formula is C23H23FN4O3S. The number of amidine groups is 1. The van der Waals surface area contributed by atoms with Gasteiger partial charge in [-0.25, -0.2) is 14.2 Å². The summed E-state index contributed by atoms with van der Waals surface area (Å²) in [6, 6.07) is 3.42. The molecule has 3 heterocycles. The summed E-state index contributed by atoms with van der Waals surface area (Å²) in [6.07, 6.45) is 7.36. The number of hydrogen-bond donors (Lipinski definition) is 1. The zero-order valence-corrected chi connectivity index (χ0v) is 18.5. The summed E-state index contributed by atoms with van der Waals surface area (Å²) in [5.41, 5.74) is 1.93. The van der Waals surface area contributed by atoms with Crippen LogP contribution in [0.15, 0.2) is 46.0 Å². The third-order valence-electron chi connectivity index (χ3n) is 5.21. The second-order valence-corrected chi connectivity index (χ2v) is 8.11. The van der Waals surface area contributed by atoms with Crippen molar-refractivity contribution in [2.24, 2.45) is 4.99 Å². The SMILES string of the molecule is C#Cc1cc(F)ccc1C1N=C(c2nccs2)NC(CN2CCOCC2)=C1C(=O)OCC. The molecule has 0 saturated carbocycles. The van der Waals surface area contributed by atoms with Gasteiger partial charge in [-0.2, -0.15) is 0 Å². The molecule has 1 atom stereocenters. The van der Waals surface area contributed by atoms with E-state index in [1.807, 2.05) is 5.38 Å².